The highest BCUT2D eigenvalue weighted by Gasteiger charge is 2.48. The van der Waals surface area contributed by atoms with Crippen LogP contribution in [-0.4, -0.2) is 21.7 Å². The van der Waals surface area contributed by atoms with E-state index in [1.54, 1.807) is 30.3 Å². The molecule has 1 amide bonds. The van der Waals surface area contributed by atoms with Crippen LogP contribution < -0.4 is 4.90 Å². The Morgan fingerprint density at radius 2 is 1.62 bits per heavy atom. The van der Waals surface area contributed by atoms with Crippen LogP contribution in [0.2, 0.25) is 0 Å². The van der Waals surface area contributed by atoms with Gasteiger partial charge in [-0.15, -0.1) is 0 Å². The van der Waals surface area contributed by atoms with Crippen molar-refractivity contribution in [3.8, 4) is 0 Å². The van der Waals surface area contributed by atoms with Crippen LogP contribution >= 0.6 is 0 Å². The van der Waals surface area contributed by atoms with E-state index < -0.39 is 34.2 Å². The second-order valence-electron chi connectivity index (χ2n) is 7.33. The van der Waals surface area contributed by atoms with Gasteiger partial charge in [0.15, 0.2) is 0 Å². The predicted octanol–water partition coefficient (Wildman–Crippen LogP) is 4.67. The van der Waals surface area contributed by atoms with E-state index in [1.807, 2.05) is 6.92 Å². The van der Waals surface area contributed by atoms with Crippen LogP contribution in [0.1, 0.15) is 22.7 Å². The molecule has 1 fully saturated rings. The number of nitrogens with zero attached hydrogens (tertiary/aromatic N) is 2. The van der Waals surface area contributed by atoms with Crippen molar-refractivity contribution in [3.63, 3.8) is 0 Å². The maximum Gasteiger partial charge on any atom is 0.300 e. The molecule has 4 rings (SSSR count). The molecule has 1 aliphatic rings. The summed E-state index contributed by atoms with van der Waals surface area (Å²) in [6.07, 6.45) is 0. The number of hydrogen-bond donors (Lipinski definition) is 1. The first-order valence-corrected chi connectivity index (χ1v) is 9.66. The molecule has 3 aromatic rings. The first-order chi connectivity index (χ1) is 15.3. The van der Waals surface area contributed by atoms with Gasteiger partial charge in [-0.25, -0.2) is 4.39 Å². The lowest BCUT2D eigenvalue weighted by Gasteiger charge is -2.25. The number of para-hydroxylation sites is 1. The first-order valence-electron chi connectivity index (χ1n) is 9.66. The Morgan fingerprint density at radius 3 is 2.25 bits per heavy atom. The van der Waals surface area contributed by atoms with Crippen LogP contribution in [0.25, 0.3) is 5.76 Å². The van der Waals surface area contributed by atoms with Gasteiger partial charge < -0.3 is 5.11 Å². The average molecular weight is 432 g/mol. The number of halogens is 1. The predicted molar refractivity (Wildman–Crippen MR) is 115 cm³/mol. The summed E-state index contributed by atoms with van der Waals surface area (Å²) in [5, 5.41) is 22.7. The van der Waals surface area contributed by atoms with E-state index in [-0.39, 0.29) is 28.1 Å². The third kappa shape index (κ3) is 3.51. The Bertz CT molecular complexity index is 1270. The minimum Gasteiger partial charge on any atom is -0.507 e. The minimum atomic E-state index is -1.27. The summed E-state index contributed by atoms with van der Waals surface area (Å²) < 4.78 is 13.5. The molecular formula is C24H17FN2O5. The fourth-order valence-corrected chi connectivity index (χ4v) is 3.75. The van der Waals surface area contributed by atoms with Crippen molar-refractivity contribution in [2.45, 2.75) is 13.0 Å². The lowest BCUT2D eigenvalue weighted by Crippen LogP contribution is -2.29. The summed E-state index contributed by atoms with van der Waals surface area (Å²) in [5.41, 5.74) is 0.827. The van der Waals surface area contributed by atoms with Gasteiger partial charge in [0.1, 0.15) is 17.6 Å². The molecule has 1 heterocycles. The van der Waals surface area contributed by atoms with Gasteiger partial charge >= 0.3 is 0 Å². The fraction of sp³-hybridized carbons (Fsp3) is 0.0833. The van der Waals surface area contributed by atoms with E-state index in [0.29, 0.717) is 0 Å². The molecule has 1 N–H and O–H groups in total. The Morgan fingerprint density at radius 1 is 1.00 bits per heavy atom. The van der Waals surface area contributed by atoms with E-state index in [2.05, 4.69) is 0 Å². The Kier molecular flexibility index (Phi) is 5.28. The van der Waals surface area contributed by atoms with E-state index in [1.165, 1.54) is 30.3 Å². The van der Waals surface area contributed by atoms with Crippen molar-refractivity contribution < 1.29 is 24.0 Å². The summed E-state index contributed by atoms with van der Waals surface area (Å²) in [5.74, 6) is -2.97. The summed E-state index contributed by atoms with van der Waals surface area (Å²) in [6, 6.07) is 15.9. The highest BCUT2D eigenvalue weighted by atomic mass is 19.1. The van der Waals surface area contributed by atoms with Gasteiger partial charge in [-0.05, 0) is 37.3 Å². The molecule has 8 heteroatoms. The molecule has 0 saturated carbocycles. The van der Waals surface area contributed by atoms with Crippen LogP contribution in [0.3, 0.4) is 0 Å². The molecule has 0 aliphatic carbocycles. The van der Waals surface area contributed by atoms with Crippen LogP contribution in [0.5, 0.6) is 0 Å². The first kappa shape index (κ1) is 20.9. The number of nitro groups is 1. The fourth-order valence-electron chi connectivity index (χ4n) is 3.75. The monoisotopic (exact) mass is 432 g/mol. The second kappa shape index (κ2) is 8.07. The Hall–Kier alpha value is -4.33. The van der Waals surface area contributed by atoms with Crippen molar-refractivity contribution in [2.24, 2.45) is 0 Å². The third-order valence-electron chi connectivity index (χ3n) is 5.30. The molecule has 1 saturated heterocycles. The van der Waals surface area contributed by atoms with Crippen molar-refractivity contribution in [3.05, 3.63) is 111 Å². The number of aliphatic hydroxyl groups is 1. The smallest absolute Gasteiger partial charge is 0.300 e. The molecule has 7 nitrogen and oxygen atoms in total. The molecule has 0 aromatic heterocycles. The van der Waals surface area contributed by atoms with Crippen molar-refractivity contribution >= 4 is 28.8 Å². The van der Waals surface area contributed by atoms with Crippen molar-refractivity contribution in [1.82, 2.24) is 0 Å². The number of rotatable bonds is 4. The zero-order chi connectivity index (χ0) is 23.0. The normalized spacial score (nSPS) is 17.6. The SMILES string of the molecule is Cc1ccc(C(O)=C2C(=O)C(=O)N(c3ccc(F)cc3)C2c2ccccc2[N+](=O)[O-])cc1. The van der Waals surface area contributed by atoms with Gasteiger partial charge in [-0.3, -0.25) is 24.6 Å². The molecule has 1 atom stereocenters. The summed E-state index contributed by atoms with van der Waals surface area (Å²) in [6.45, 7) is 1.85. The quantitative estimate of drug-likeness (QED) is 0.212. The van der Waals surface area contributed by atoms with Gasteiger partial charge in [-0.2, -0.15) is 0 Å². The van der Waals surface area contributed by atoms with Crippen molar-refractivity contribution in [2.75, 3.05) is 4.90 Å². The van der Waals surface area contributed by atoms with Gasteiger partial charge in [0.25, 0.3) is 17.4 Å². The highest BCUT2D eigenvalue weighted by Crippen LogP contribution is 2.44. The molecule has 160 valence electrons. The molecule has 1 unspecified atom stereocenters. The average Bonchev–Trinajstić information content (AvgIpc) is 3.05. The number of aliphatic hydroxyl groups excluding tert-OH is 1. The molecule has 1 aliphatic heterocycles. The van der Waals surface area contributed by atoms with Crippen LogP contribution in [-0.2, 0) is 9.59 Å². The number of anilines is 1. The zero-order valence-corrected chi connectivity index (χ0v) is 16.9. The largest absolute Gasteiger partial charge is 0.507 e. The number of nitro benzene ring substituents is 1. The number of benzene rings is 3. The molecule has 32 heavy (non-hydrogen) atoms. The number of carbonyl (C=O) groups excluding carboxylic acids is 2. The van der Waals surface area contributed by atoms with Gasteiger partial charge in [0, 0.05) is 17.3 Å². The maximum absolute atomic E-state index is 13.5. The van der Waals surface area contributed by atoms with E-state index in [0.717, 1.165) is 22.6 Å². The van der Waals surface area contributed by atoms with Gasteiger partial charge in [0.2, 0.25) is 0 Å². The summed E-state index contributed by atoms with van der Waals surface area (Å²) in [7, 11) is 0. The highest BCUT2D eigenvalue weighted by molar-refractivity contribution is 6.51. The second-order valence-corrected chi connectivity index (χ2v) is 7.33. The van der Waals surface area contributed by atoms with Crippen LogP contribution in [0, 0.1) is 22.9 Å². The molecule has 0 bridgehead atoms. The Labute approximate surface area is 182 Å². The van der Waals surface area contributed by atoms with E-state index in [9.17, 15) is 29.2 Å². The number of Topliss-reactive ketones (excluding diaryl/α,β-unsaturated/α-hetero) is 1. The molecular weight excluding hydrogens is 415 g/mol. The number of amides is 1. The standard InChI is InChI=1S/C24H17FN2O5/c1-14-6-8-15(9-7-14)22(28)20-21(18-4-2-3-5-19(18)27(31)32)26(24(30)23(20)29)17-12-10-16(25)11-13-17/h2-13,21,28H,1H3. The van der Waals surface area contributed by atoms with Crippen molar-refractivity contribution in [1.29, 1.82) is 0 Å². The number of aryl methyl sites for hydroxylation is 1. The third-order valence-corrected chi connectivity index (χ3v) is 5.30. The van der Waals surface area contributed by atoms with E-state index in [4.69, 9.17) is 0 Å². The van der Waals surface area contributed by atoms with Crippen LogP contribution in [0.4, 0.5) is 15.8 Å². The molecule has 0 spiro atoms. The topological polar surface area (TPSA) is 101 Å². The number of ketones is 1. The lowest BCUT2D eigenvalue weighted by molar-refractivity contribution is -0.385. The number of carbonyl (C=O) groups is 2. The summed E-state index contributed by atoms with van der Waals surface area (Å²) in [4.78, 5) is 38.2. The molecule has 0 radical (unpaired) electrons. The maximum atomic E-state index is 13.5. The zero-order valence-electron chi connectivity index (χ0n) is 16.9. The molecule has 3 aromatic carbocycles. The van der Waals surface area contributed by atoms with Gasteiger partial charge in [-0.1, -0.05) is 42.0 Å². The number of hydrogen-bond acceptors (Lipinski definition) is 5. The Balaban J connectivity index is 2.00. The van der Waals surface area contributed by atoms with Gasteiger partial charge in [0.05, 0.1) is 16.1 Å². The summed E-state index contributed by atoms with van der Waals surface area (Å²) >= 11 is 0. The van der Waals surface area contributed by atoms with Crippen LogP contribution in [0.15, 0.2) is 78.4 Å². The minimum absolute atomic E-state index is 0.0506. The van der Waals surface area contributed by atoms with E-state index >= 15 is 0 Å². The lowest BCUT2D eigenvalue weighted by atomic mass is 9.94.